The second-order valence-electron chi connectivity index (χ2n) is 8.23. The number of amides is 1. The maximum atomic E-state index is 13.2. The number of aromatic amines is 1. The van der Waals surface area contributed by atoms with Crippen molar-refractivity contribution in [3.05, 3.63) is 69.4 Å². The summed E-state index contributed by atoms with van der Waals surface area (Å²) in [6.07, 6.45) is 0.799. The second kappa shape index (κ2) is 8.57. The molecule has 5 rings (SSSR count). The molecule has 0 bridgehead atoms. The zero-order chi connectivity index (χ0) is 22.9. The number of anilines is 1. The van der Waals surface area contributed by atoms with Gasteiger partial charge in [-0.2, -0.15) is 0 Å². The van der Waals surface area contributed by atoms with Crippen LogP contribution in [0, 0.1) is 0 Å². The van der Waals surface area contributed by atoms with Crippen molar-refractivity contribution in [1.82, 2.24) is 24.0 Å². The van der Waals surface area contributed by atoms with Crippen LogP contribution in [0.15, 0.2) is 58.1 Å². The lowest BCUT2D eigenvalue weighted by molar-refractivity contribution is -0.131. The molecule has 3 heterocycles. The van der Waals surface area contributed by atoms with E-state index in [1.807, 2.05) is 24.3 Å². The number of carbonyl (C=O) groups is 1. The van der Waals surface area contributed by atoms with Gasteiger partial charge in [0.2, 0.25) is 11.9 Å². The summed E-state index contributed by atoms with van der Waals surface area (Å²) < 4.78 is 2.60. The number of benzene rings is 2. The Balaban J connectivity index is 1.37. The summed E-state index contributed by atoms with van der Waals surface area (Å²) in [7, 11) is 0. The number of nitrogens with one attached hydrogen (secondary N) is 1. The molecule has 1 aliphatic heterocycles. The molecule has 9 nitrogen and oxygen atoms in total. The van der Waals surface area contributed by atoms with Crippen molar-refractivity contribution < 1.29 is 4.79 Å². The van der Waals surface area contributed by atoms with Gasteiger partial charge in [-0.1, -0.05) is 24.3 Å². The first kappa shape index (κ1) is 21.0. The fourth-order valence-corrected chi connectivity index (χ4v) is 4.51. The molecule has 0 spiro atoms. The lowest BCUT2D eigenvalue weighted by Gasteiger charge is -2.22. The van der Waals surface area contributed by atoms with Crippen molar-refractivity contribution in [2.75, 3.05) is 31.1 Å². The number of fused-ring (bicyclic) bond motifs is 2. The van der Waals surface area contributed by atoms with Crippen molar-refractivity contribution in [3.8, 4) is 0 Å². The number of hydrogen-bond donors (Lipinski definition) is 1. The van der Waals surface area contributed by atoms with Gasteiger partial charge in [0.1, 0.15) is 6.54 Å². The van der Waals surface area contributed by atoms with Crippen LogP contribution in [0.4, 0.5) is 5.95 Å². The minimum Gasteiger partial charge on any atom is -0.341 e. The molecule has 0 atom stereocenters. The molecule has 2 aromatic carbocycles. The molecule has 4 aromatic rings. The van der Waals surface area contributed by atoms with E-state index < -0.39 is 5.69 Å². The van der Waals surface area contributed by atoms with Gasteiger partial charge >= 0.3 is 5.69 Å². The summed E-state index contributed by atoms with van der Waals surface area (Å²) in [5, 5.41) is 0.443. The van der Waals surface area contributed by atoms with Crippen LogP contribution in [0.2, 0.25) is 0 Å². The number of aromatic nitrogens is 4. The zero-order valence-corrected chi connectivity index (χ0v) is 18.5. The molecule has 9 heteroatoms. The highest BCUT2D eigenvalue weighted by Gasteiger charge is 2.23. The Morgan fingerprint density at radius 2 is 1.76 bits per heavy atom. The monoisotopic (exact) mass is 446 g/mol. The lowest BCUT2D eigenvalue weighted by atomic mass is 10.2. The largest absolute Gasteiger partial charge is 0.341 e. The van der Waals surface area contributed by atoms with E-state index in [9.17, 15) is 14.4 Å². The summed E-state index contributed by atoms with van der Waals surface area (Å²) in [5.74, 6) is 0.678. The number of carbonyl (C=O) groups excluding carboxylic acids is 1. The predicted molar refractivity (Wildman–Crippen MR) is 128 cm³/mol. The van der Waals surface area contributed by atoms with Crippen molar-refractivity contribution in [2.45, 2.75) is 26.4 Å². The zero-order valence-electron chi connectivity index (χ0n) is 18.5. The van der Waals surface area contributed by atoms with Gasteiger partial charge < -0.3 is 14.8 Å². The SMILES string of the molecule is CCn1c(=O)c2ccccc2n(CC(=O)N2CCCN(c3nc4ccccc4[nH]3)CC2)c1=O. The van der Waals surface area contributed by atoms with Crippen LogP contribution in [0.1, 0.15) is 13.3 Å². The number of H-pyrrole nitrogens is 1. The first-order valence-corrected chi connectivity index (χ1v) is 11.3. The lowest BCUT2D eigenvalue weighted by Crippen LogP contribution is -2.44. The van der Waals surface area contributed by atoms with Gasteiger partial charge in [0.05, 0.1) is 21.9 Å². The normalized spacial score (nSPS) is 14.7. The smallest absolute Gasteiger partial charge is 0.331 e. The minimum atomic E-state index is -0.451. The average molecular weight is 447 g/mol. The van der Waals surface area contributed by atoms with E-state index in [1.165, 1.54) is 9.13 Å². The first-order chi connectivity index (χ1) is 16.1. The molecule has 0 saturated carbocycles. The third kappa shape index (κ3) is 3.79. The van der Waals surface area contributed by atoms with Crippen molar-refractivity contribution in [1.29, 1.82) is 0 Å². The van der Waals surface area contributed by atoms with Gasteiger partial charge in [0.25, 0.3) is 5.56 Å². The van der Waals surface area contributed by atoms with Gasteiger partial charge in [-0.05, 0) is 37.6 Å². The Morgan fingerprint density at radius 3 is 2.58 bits per heavy atom. The van der Waals surface area contributed by atoms with Gasteiger partial charge in [-0.25, -0.2) is 9.78 Å². The summed E-state index contributed by atoms with van der Waals surface area (Å²) >= 11 is 0. The fourth-order valence-electron chi connectivity index (χ4n) is 4.51. The molecule has 1 fully saturated rings. The third-order valence-electron chi connectivity index (χ3n) is 6.27. The van der Waals surface area contributed by atoms with Crippen molar-refractivity contribution >= 4 is 33.8 Å². The van der Waals surface area contributed by atoms with Gasteiger partial charge in [0, 0.05) is 32.7 Å². The van der Waals surface area contributed by atoms with Crippen molar-refractivity contribution in [2.24, 2.45) is 0 Å². The molecule has 1 saturated heterocycles. The molecule has 0 unspecified atom stereocenters. The number of nitrogens with zero attached hydrogens (tertiary/aromatic N) is 5. The van der Waals surface area contributed by atoms with Crippen molar-refractivity contribution in [3.63, 3.8) is 0 Å². The van der Waals surface area contributed by atoms with E-state index in [1.54, 1.807) is 36.1 Å². The molecule has 170 valence electrons. The fraction of sp³-hybridized carbons (Fsp3) is 0.333. The molecule has 0 aliphatic carbocycles. The Kier molecular flexibility index (Phi) is 5.45. The Hall–Kier alpha value is -3.88. The number of para-hydroxylation sites is 3. The number of hydrogen-bond acceptors (Lipinski definition) is 5. The Morgan fingerprint density at radius 1 is 0.970 bits per heavy atom. The topological polar surface area (TPSA) is 96.2 Å². The van der Waals surface area contributed by atoms with Gasteiger partial charge in [-0.15, -0.1) is 0 Å². The standard InChI is InChI=1S/C24H26N6O3/c1-2-29-22(32)17-8-3-6-11-20(17)30(24(29)33)16-21(31)27-12-7-13-28(15-14-27)23-25-18-9-4-5-10-19(18)26-23/h3-6,8-11H,2,7,12-16H2,1H3,(H,25,26). The van der Waals surface area contributed by atoms with Crippen LogP contribution in [-0.4, -0.2) is 56.1 Å². The molecular weight excluding hydrogens is 420 g/mol. The summed E-state index contributed by atoms with van der Waals surface area (Å²) in [5.41, 5.74) is 1.62. The minimum absolute atomic E-state index is 0.0930. The number of imidazole rings is 1. The quantitative estimate of drug-likeness (QED) is 0.516. The third-order valence-corrected chi connectivity index (χ3v) is 6.27. The average Bonchev–Trinajstić information content (AvgIpc) is 3.11. The van der Waals surface area contributed by atoms with Gasteiger partial charge in [-0.3, -0.25) is 18.7 Å². The molecule has 1 amide bonds. The summed E-state index contributed by atoms with van der Waals surface area (Å²) in [6, 6.07) is 14.9. The van der Waals surface area contributed by atoms with Crippen LogP contribution in [0.5, 0.6) is 0 Å². The van der Waals surface area contributed by atoms with Crippen LogP contribution in [-0.2, 0) is 17.9 Å². The van der Waals surface area contributed by atoms with E-state index in [0.717, 1.165) is 29.9 Å². The van der Waals surface area contributed by atoms with E-state index in [2.05, 4.69) is 14.9 Å². The molecule has 2 aromatic heterocycles. The molecule has 1 aliphatic rings. The number of rotatable bonds is 4. The van der Waals surface area contributed by atoms with Gasteiger partial charge in [0.15, 0.2) is 0 Å². The predicted octanol–water partition coefficient (Wildman–Crippen LogP) is 1.80. The molecule has 33 heavy (non-hydrogen) atoms. The molecule has 1 N–H and O–H groups in total. The summed E-state index contributed by atoms with van der Waals surface area (Å²) in [6.45, 7) is 4.50. The van der Waals surface area contributed by atoms with Crippen LogP contribution >= 0.6 is 0 Å². The highest BCUT2D eigenvalue weighted by atomic mass is 16.2. The van der Waals surface area contributed by atoms with Crippen LogP contribution in [0.25, 0.3) is 21.9 Å². The summed E-state index contributed by atoms with van der Waals surface area (Å²) in [4.78, 5) is 50.8. The van der Waals surface area contributed by atoms with Crippen LogP contribution in [0.3, 0.4) is 0 Å². The highest BCUT2D eigenvalue weighted by molar-refractivity contribution is 5.82. The Bertz CT molecular complexity index is 1420. The maximum Gasteiger partial charge on any atom is 0.331 e. The van der Waals surface area contributed by atoms with E-state index in [0.29, 0.717) is 30.5 Å². The van der Waals surface area contributed by atoms with E-state index in [4.69, 9.17) is 0 Å². The maximum absolute atomic E-state index is 13.2. The van der Waals surface area contributed by atoms with Crippen LogP contribution < -0.4 is 16.1 Å². The van der Waals surface area contributed by atoms with E-state index >= 15 is 0 Å². The second-order valence-corrected chi connectivity index (χ2v) is 8.23. The molecule has 0 radical (unpaired) electrons. The highest BCUT2D eigenvalue weighted by Crippen LogP contribution is 2.18. The first-order valence-electron chi connectivity index (χ1n) is 11.3. The Labute approximate surface area is 189 Å². The van der Waals surface area contributed by atoms with E-state index in [-0.39, 0.29) is 24.6 Å². The molecular formula is C24H26N6O3.